The van der Waals surface area contributed by atoms with Crippen molar-refractivity contribution in [2.45, 2.75) is 6.43 Å². The second-order valence-corrected chi connectivity index (χ2v) is 5.41. The van der Waals surface area contributed by atoms with Crippen molar-refractivity contribution < 1.29 is 13.5 Å². The number of allylic oxidation sites excluding steroid dienone is 3. The summed E-state index contributed by atoms with van der Waals surface area (Å²) in [6, 6.07) is 7.32. The highest BCUT2D eigenvalue weighted by molar-refractivity contribution is 14.1. The summed E-state index contributed by atoms with van der Waals surface area (Å²) in [5.41, 5.74) is 2.17. The van der Waals surface area contributed by atoms with Crippen molar-refractivity contribution in [3.8, 4) is 5.75 Å². The van der Waals surface area contributed by atoms with Gasteiger partial charge in [0.05, 0.1) is 13.7 Å². The van der Waals surface area contributed by atoms with E-state index < -0.39 is 6.43 Å². The molecule has 0 bridgehead atoms. The van der Waals surface area contributed by atoms with E-state index in [0.717, 1.165) is 20.6 Å². The Bertz CT molecular complexity index is 564. The molecular formula is C15H14F2INO. The first-order valence-corrected chi connectivity index (χ1v) is 7.07. The van der Waals surface area contributed by atoms with Crippen LogP contribution in [0.3, 0.4) is 0 Å². The topological polar surface area (TPSA) is 12.5 Å². The smallest absolute Gasteiger partial charge is 0.256 e. The van der Waals surface area contributed by atoms with Gasteiger partial charge in [0.25, 0.3) is 6.43 Å². The van der Waals surface area contributed by atoms with Gasteiger partial charge in [-0.25, -0.2) is 8.78 Å². The number of nitrogens with zero attached hydrogens (tertiary/aromatic N) is 1. The van der Waals surface area contributed by atoms with Crippen LogP contribution in [0.2, 0.25) is 0 Å². The van der Waals surface area contributed by atoms with Crippen molar-refractivity contribution in [1.29, 1.82) is 0 Å². The molecule has 0 aromatic heterocycles. The summed E-state index contributed by atoms with van der Waals surface area (Å²) in [5, 5.41) is 0. The summed E-state index contributed by atoms with van der Waals surface area (Å²) >= 11 is 2.10. The first-order valence-electron chi connectivity index (χ1n) is 6.00. The fourth-order valence-corrected chi connectivity index (χ4v) is 2.44. The van der Waals surface area contributed by atoms with E-state index in [0.29, 0.717) is 5.70 Å². The number of methoxy groups -OCH3 is 1. The number of ether oxygens (including phenoxy) is 1. The van der Waals surface area contributed by atoms with Gasteiger partial charge in [0.2, 0.25) is 0 Å². The molecule has 106 valence electrons. The van der Waals surface area contributed by atoms with E-state index in [9.17, 15) is 8.78 Å². The van der Waals surface area contributed by atoms with Crippen molar-refractivity contribution in [3.63, 3.8) is 0 Å². The lowest BCUT2D eigenvalue weighted by atomic mass is 10.1. The number of halogens is 3. The Labute approximate surface area is 130 Å². The van der Waals surface area contributed by atoms with Crippen LogP contribution < -0.4 is 4.74 Å². The van der Waals surface area contributed by atoms with Gasteiger partial charge < -0.3 is 9.64 Å². The molecule has 1 aliphatic rings. The van der Waals surface area contributed by atoms with Crippen LogP contribution in [0.4, 0.5) is 8.78 Å². The number of hydrogen-bond donors (Lipinski definition) is 0. The van der Waals surface area contributed by atoms with Gasteiger partial charge in [-0.15, -0.1) is 0 Å². The van der Waals surface area contributed by atoms with Crippen molar-refractivity contribution in [3.05, 3.63) is 57.8 Å². The summed E-state index contributed by atoms with van der Waals surface area (Å²) in [4.78, 5) is 1.55. The maximum Gasteiger partial charge on any atom is 0.256 e. The molecule has 2 nitrogen and oxygen atoms in total. The average molecular weight is 389 g/mol. The zero-order valence-corrected chi connectivity index (χ0v) is 13.1. The van der Waals surface area contributed by atoms with E-state index in [2.05, 4.69) is 29.2 Å². The Morgan fingerprint density at radius 2 is 1.90 bits per heavy atom. The Balaban J connectivity index is 2.36. The van der Waals surface area contributed by atoms with Crippen LogP contribution in [-0.4, -0.2) is 25.0 Å². The van der Waals surface area contributed by atoms with Crippen molar-refractivity contribution in [1.82, 2.24) is 4.90 Å². The molecule has 0 atom stereocenters. The second kappa shape index (κ2) is 6.39. The van der Waals surface area contributed by atoms with Crippen LogP contribution in [-0.2, 0) is 0 Å². The Morgan fingerprint density at radius 3 is 2.45 bits per heavy atom. The zero-order valence-electron chi connectivity index (χ0n) is 10.9. The highest BCUT2D eigenvalue weighted by atomic mass is 127. The summed E-state index contributed by atoms with van der Waals surface area (Å²) in [7, 11) is 1.59. The van der Waals surface area contributed by atoms with E-state index >= 15 is 0 Å². The standard InChI is InChI=1S/C15H14F2INO/c1-10-13(18)7-8-14(19(10)9-15(16)17)11-3-5-12(20-2)6-4-11/h3-8,15H,1,9H2,2H3. The van der Waals surface area contributed by atoms with Crippen molar-refractivity contribution in [2.75, 3.05) is 13.7 Å². The van der Waals surface area contributed by atoms with E-state index in [4.69, 9.17) is 4.74 Å². The fourth-order valence-electron chi connectivity index (χ4n) is 1.97. The number of alkyl halides is 2. The van der Waals surface area contributed by atoms with Crippen LogP contribution >= 0.6 is 22.6 Å². The summed E-state index contributed by atoms with van der Waals surface area (Å²) in [6.45, 7) is 3.53. The molecule has 0 radical (unpaired) electrons. The summed E-state index contributed by atoms with van der Waals surface area (Å²) < 4.78 is 31.5. The SMILES string of the molecule is C=C1C(I)=CC=C(c2ccc(OC)cc2)N1CC(F)F. The van der Waals surface area contributed by atoms with E-state index in [1.807, 2.05) is 36.4 Å². The molecule has 0 aliphatic carbocycles. The predicted molar refractivity (Wildman–Crippen MR) is 84.9 cm³/mol. The largest absolute Gasteiger partial charge is 0.497 e. The highest BCUT2D eigenvalue weighted by Crippen LogP contribution is 2.34. The molecule has 20 heavy (non-hydrogen) atoms. The van der Waals surface area contributed by atoms with Gasteiger partial charge in [-0.2, -0.15) is 0 Å². The van der Waals surface area contributed by atoms with Gasteiger partial charge in [0.1, 0.15) is 5.75 Å². The molecule has 5 heteroatoms. The minimum absolute atomic E-state index is 0.364. The number of benzene rings is 1. The monoisotopic (exact) mass is 389 g/mol. The maximum absolute atomic E-state index is 12.8. The third kappa shape index (κ3) is 3.20. The third-order valence-corrected chi connectivity index (χ3v) is 3.97. The Morgan fingerprint density at radius 1 is 1.25 bits per heavy atom. The lowest BCUT2D eigenvalue weighted by Gasteiger charge is -2.31. The second-order valence-electron chi connectivity index (χ2n) is 4.24. The van der Waals surface area contributed by atoms with E-state index in [-0.39, 0.29) is 6.54 Å². The van der Waals surface area contributed by atoms with Gasteiger partial charge in [0.15, 0.2) is 0 Å². The van der Waals surface area contributed by atoms with Crippen LogP contribution in [0.15, 0.2) is 52.3 Å². The minimum atomic E-state index is -2.42. The molecule has 0 saturated carbocycles. The number of rotatable bonds is 4. The summed E-state index contributed by atoms with van der Waals surface area (Å²) in [5.74, 6) is 0.731. The molecule has 1 heterocycles. The Kier molecular flexibility index (Phi) is 4.80. The molecule has 0 saturated heterocycles. The van der Waals surface area contributed by atoms with E-state index in [1.54, 1.807) is 12.0 Å². The fraction of sp³-hybridized carbons (Fsp3) is 0.200. The predicted octanol–water partition coefficient (Wildman–Crippen LogP) is 4.45. The molecule has 0 N–H and O–H groups in total. The Hall–Kier alpha value is -1.37. The third-order valence-electron chi connectivity index (χ3n) is 2.99. The lowest BCUT2D eigenvalue weighted by Crippen LogP contribution is -2.28. The van der Waals surface area contributed by atoms with Gasteiger partial charge in [0, 0.05) is 15.0 Å². The quantitative estimate of drug-likeness (QED) is 0.706. The molecule has 0 amide bonds. The molecule has 2 rings (SSSR count). The zero-order chi connectivity index (χ0) is 14.7. The minimum Gasteiger partial charge on any atom is -0.497 e. The molecular weight excluding hydrogens is 375 g/mol. The first kappa shape index (κ1) is 15.0. The van der Waals surface area contributed by atoms with Crippen LogP contribution in [0.25, 0.3) is 5.70 Å². The normalized spacial score (nSPS) is 15.2. The molecule has 1 aliphatic heterocycles. The van der Waals surface area contributed by atoms with Gasteiger partial charge >= 0.3 is 0 Å². The molecule has 0 spiro atoms. The van der Waals surface area contributed by atoms with Gasteiger partial charge in [-0.05, 0) is 64.6 Å². The highest BCUT2D eigenvalue weighted by Gasteiger charge is 2.22. The van der Waals surface area contributed by atoms with Crippen LogP contribution in [0.5, 0.6) is 5.75 Å². The van der Waals surface area contributed by atoms with Crippen LogP contribution in [0, 0.1) is 0 Å². The van der Waals surface area contributed by atoms with Gasteiger partial charge in [-0.3, -0.25) is 0 Å². The number of hydrogen-bond acceptors (Lipinski definition) is 2. The van der Waals surface area contributed by atoms with Gasteiger partial charge in [-0.1, -0.05) is 6.58 Å². The van der Waals surface area contributed by atoms with Crippen molar-refractivity contribution >= 4 is 28.3 Å². The van der Waals surface area contributed by atoms with Crippen LogP contribution in [0.1, 0.15) is 5.56 Å². The lowest BCUT2D eigenvalue weighted by molar-refractivity contribution is 0.123. The molecule has 0 unspecified atom stereocenters. The summed E-state index contributed by atoms with van der Waals surface area (Å²) in [6.07, 6.45) is 1.29. The first-order chi connectivity index (χ1) is 9.52. The molecule has 0 fully saturated rings. The molecule has 1 aromatic carbocycles. The van der Waals surface area contributed by atoms with E-state index in [1.165, 1.54) is 0 Å². The average Bonchev–Trinajstić information content (AvgIpc) is 2.44. The maximum atomic E-state index is 12.8. The molecule has 1 aromatic rings. The van der Waals surface area contributed by atoms with Crippen molar-refractivity contribution in [2.24, 2.45) is 0 Å².